The van der Waals surface area contributed by atoms with E-state index in [0.717, 1.165) is 48.3 Å². The molecular weight excluding hydrogens is 550 g/mol. The molecule has 3 aliphatic rings. The first-order valence-corrected chi connectivity index (χ1v) is 14.7. The highest BCUT2D eigenvalue weighted by atomic mass is 35.5. The standard InChI is InChI=1S/C32H37ClF2N2O4/c1-32(2,3)41-31(39)36-15-14-24(22-8-6-21(7-9-22)19-40-18-20-4-5-20)25(16-36)30(38)37(23-10-11-23)17-26-27(34)12-13-28(35)29(26)33/h6-9,12-13,20,23H,4-5,10-11,14-19H2,1-3H3. The van der Waals surface area contributed by atoms with Crippen LogP contribution in [0.2, 0.25) is 5.02 Å². The van der Waals surface area contributed by atoms with Gasteiger partial charge in [-0.1, -0.05) is 35.9 Å². The summed E-state index contributed by atoms with van der Waals surface area (Å²) in [5.41, 5.74) is 2.47. The maximum absolute atomic E-state index is 14.7. The van der Waals surface area contributed by atoms with Crippen LogP contribution in [0.4, 0.5) is 13.6 Å². The third-order valence-corrected chi connectivity index (χ3v) is 8.00. The van der Waals surface area contributed by atoms with Crippen LogP contribution in [0, 0.1) is 17.6 Å². The summed E-state index contributed by atoms with van der Waals surface area (Å²) in [6, 6.07) is 9.84. The second-order valence-electron chi connectivity index (χ2n) is 12.3. The Morgan fingerprint density at radius 1 is 1.02 bits per heavy atom. The van der Waals surface area contributed by atoms with Crippen molar-refractivity contribution in [2.45, 2.75) is 77.7 Å². The van der Waals surface area contributed by atoms with Gasteiger partial charge < -0.3 is 19.3 Å². The molecule has 2 aliphatic carbocycles. The van der Waals surface area contributed by atoms with Crippen LogP contribution in [0.3, 0.4) is 0 Å². The molecule has 0 radical (unpaired) electrons. The lowest BCUT2D eigenvalue weighted by Crippen LogP contribution is -2.44. The first kappa shape index (κ1) is 29.5. The van der Waals surface area contributed by atoms with Gasteiger partial charge in [-0.25, -0.2) is 13.6 Å². The summed E-state index contributed by atoms with van der Waals surface area (Å²) in [5, 5.41) is -0.323. The highest BCUT2D eigenvalue weighted by Gasteiger charge is 2.38. The highest BCUT2D eigenvalue weighted by molar-refractivity contribution is 6.31. The van der Waals surface area contributed by atoms with Gasteiger partial charge in [-0.2, -0.15) is 0 Å². The zero-order chi connectivity index (χ0) is 29.3. The van der Waals surface area contributed by atoms with Crippen molar-refractivity contribution in [1.82, 2.24) is 9.80 Å². The van der Waals surface area contributed by atoms with E-state index in [1.165, 1.54) is 17.7 Å². The molecule has 6 nitrogen and oxygen atoms in total. The lowest BCUT2D eigenvalue weighted by atomic mass is 9.92. The predicted octanol–water partition coefficient (Wildman–Crippen LogP) is 7.13. The van der Waals surface area contributed by atoms with Crippen molar-refractivity contribution in [2.75, 3.05) is 19.7 Å². The Balaban J connectivity index is 1.44. The summed E-state index contributed by atoms with van der Waals surface area (Å²) in [6.45, 7) is 6.98. The van der Waals surface area contributed by atoms with Crippen LogP contribution in [0.5, 0.6) is 0 Å². The van der Waals surface area contributed by atoms with E-state index in [0.29, 0.717) is 31.1 Å². The normalized spacial score (nSPS) is 17.6. The van der Waals surface area contributed by atoms with Crippen LogP contribution >= 0.6 is 11.6 Å². The number of carbonyl (C=O) groups excluding carboxylic acids is 2. The number of rotatable bonds is 9. The zero-order valence-electron chi connectivity index (χ0n) is 23.9. The fourth-order valence-electron chi connectivity index (χ4n) is 5.00. The zero-order valence-corrected chi connectivity index (χ0v) is 24.6. The number of carbonyl (C=O) groups is 2. The van der Waals surface area contributed by atoms with Crippen molar-refractivity contribution in [1.29, 1.82) is 0 Å². The van der Waals surface area contributed by atoms with Gasteiger partial charge in [0.05, 0.1) is 24.7 Å². The molecule has 0 saturated heterocycles. The fourth-order valence-corrected chi connectivity index (χ4v) is 5.21. The summed E-state index contributed by atoms with van der Waals surface area (Å²) in [5.74, 6) is -1.02. The van der Waals surface area contributed by atoms with Crippen molar-refractivity contribution in [3.63, 3.8) is 0 Å². The Morgan fingerprint density at radius 2 is 1.71 bits per heavy atom. The SMILES string of the molecule is CC(C)(C)OC(=O)N1CCC(c2ccc(COCC3CC3)cc2)=C(C(=O)N(Cc2c(F)ccc(F)c2Cl)C2CC2)C1. The maximum Gasteiger partial charge on any atom is 0.410 e. The monoisotopic (exact) mass is 586 g/mol. The minimum Gasteiger partial charge on any atom is -0.444 e. The molecule has 1 aliphatic heterocycles. The predicted molar refractivity (Wildman–Crippen MR) is 153 cm³/mol. The van der Waals surface area contributed by atoms with E-state index in [1.807, 2.05) is 24.3 Å². The minimum atomic E-state index is -0.735. The van der Waals surface area contributed by atoms with Gasteiger partial charge in [0.25, 0.3) is 5.91 Å². The van der Waals surface area contributed by atoms with Crippen LogP contribution in [0.25, 0.3) is 5.57 Å². The molecule has 2 saturated carbocycles. The molecule has 2 fully saturated rings. The third-order valence-electron chi connectivity index (χ3n) is 7.59. The van der Waals surface area contributed by atoms with Gasteiger partial charge in [0.1, 0.15) is 17.2 Å². The Labute approximate surface area is 245 Å². The lowest BCUT2D eigenvalue weighted by Gasteiger charge is -2.34. The second kappa shape index (κ2) is 12.1. The van der Waals surface area contributed by atoms with Gasteiger partial charge in [0.2, 0.25) is 0 Å². The maximum atomic E-state index is 14.7. The molecule has 2 aromatic carbocycles. The Morgan fingerprint density at radius 3 is 2.34 bits per heavy atom. The summed E-state index contributed by atoms with van der Waals surface area (Å²) < 4.78 is 40.4. The molecule has 0 aromatic heterocycles. The fraction of sp³-hybridized carbons (Fsp3) is 0.500. The molecule has 2 amide bonds. The van der Waals surface area contributed by atoms with Crippen molar-refractivity contribution in [2.24, 2.45) is 5.92 Å². The molecule has 41 heavy (non-hydrogen) atoms. The number of hydrogen-bond donors (Lipinski definition) is 0. The van der Waals surface area contributed by atoms with Crippen molar-refractivity contribution in [3.8, 4) is 0 Å². The second-order valence-corrected chi connectivity index (χ2v) is 12.6. The number of hydrogen-bond acceptors (Lipinski definition) is 4. The first-order chi connectivity index (χ1) is 19.5. The average molecular weight is 587 g/mol. The molecule has 2 aromatic rings. The minimum absolute atomic E-state index is 0.0515. The molecule has 220 valence electrons. The van der Waals surface area contributed by atoms with Crippen molar-refractivity contribution >= 4 is 29.2 Å². The summed E-state index contributed by atoms with van der Waals surface area (Å²) in [6.07, 6.45) is 3.94. The van der Waals surface area contributed by atoms with Crippen LogP contribution in [0.1, 0.15) is 69.6 Å². The number of nitrogens with zero attached hydrogens (tertiary/aromatic N) is 2. The van der Waals surface area contributed by atoms with Crippen LogP contribution in [-0.2, 0) is 27.4 Å². The van der Waals surface area contributed by atoms with E-state index in [-0.39, 0.29) is 35.6 Å². The average Bonchev–Trinajstić information content (AvgIpc) is 3.85. The van der Waals surface area contributed by atoms with Gasteiger partial charge in [-0.15, -0.1) is 0 Å². The van der Waals surface area contributed by atoms with Crippen molar-refractivity contribution < 1.29 is 27.8 Å². The molecule has 0 N–H and O–H groups in total. The lowest BCUT2D eigenvalue weighted by molar-refractivity contribution is -0.128. The number of ether oxygens (including phenoxy) is 2. The summed E-state index contributed by atoms with van der Waals surface area (Å²) >= 11 is 6.14. The van der Waals surface area contributed by atoms with Gasteiger partial charge >= 0.3 is 6.09 Å². The third kappa shape index (κ3) is 7.46. The van der Waals surface area contributed by atoms with E-state index in [4.69, 9.17) is 21.1 Å². The van der Waals surface area contributed by atoms with E-state index >= 15 is 0 Å². The van der Waals surface area contributed by atoms with Gasteiger partial charge in [0.15, 0.2) is 0 Å². The molecule has 0 unspecified atom stereocenters. The summed E-state index contributed by atoms with van der Waals surface area (Å²) in [7, 11) is 0. The van der Waals surface area contributed by atoms with E-state index in [9.17, 15) is 18.4 Å². The summed E-state index contributed by atoms with van der Waals surface area (Å²) in [4.78, 5) is 30.3. The molecule has 0 bridgehead atoms. The largest absolute Gasteiger partial charge is 0.444 e. The number of halogens is 3. The Kier molecular flexibility index (Phi) is 8.71. The van der Waals surface area contributed by atoms with Crippen LogP contribution < -0.4 is 0 Å². The van der Waals surface area contributed by atoms with Gasteiger partial charge in [-0.3, -0.25) is 4.79 Å². The van der Waals surface area contributed by atoms with Crippen LogP contribution in [-0.4, -0.2) is 53.1 Å². The van der Waals surface area contributed by atoms with Crippen LogP contribution in [0.15, 0.2) is 42.0 Å². The molecule has 0 atom stereocenters. The molecule has 9 heteroatoms. The van der Waals surface area contributed by atoms with E-state index in [1.54, 1.807) is 25.7 Å². The van der Waals surface area contributed by atoms with Gasteiger partial charge in [0, 0.05) is 30.3 Å². The molecule has 0 spiro atoms. The number of benzene rings is 2. The smallest absolute Gasteiger partial charge is 0.410 e. The van der Waals surface area contributed by atoms with E-state index < -0.39 is 23.3 Å². The molecule has 5 rings (SSSR count). The van der Waals surface area contributed by atoms with Gasteiger partial charge in [-0.05, 0) is 87.6 Å². The molecular formula is C32H37ClF2N2O4. The first-order valence-electron chi connectivity index (χ1n) is 14.3. The number of amides is 2. The van der Waals surface area contributed by atoms with Crippen molar-refractivity contribution in [3.05, 3.63) is 75.3 Å². The molecule has 1 heterocycles. The quantitative estimate of drug-likeness (QED) is 0.293. The van der Waals surface area contributed by atoms with E-state index in [2.05, 4.69) is 0 Å². The highest BCUT2D eigenvalue weighted by Crippen LogP contribution is 2.36. The Hall–Kier alpha value is -2.97. The Bertz CT molecular complexity index is 1330. The topological polar surface area (TPSA) is 59.1 Å².